The van der Waals surface area contributed by atoms with E-state index in [1.54, 1.807) is 42.5 Å². The van der Waals surface area contributed by atoms with Crippen LogP contribution in [-0.2, 0) is 17.9 Å². The predicted octanol–water partition coefficient (Wildman–Crippen LogP) is 5.32. The standard InChI is InChI=1S/C24H17N3O7S/c28-23-22(35-24(29)25(23)14-17-1-7-19(8-2-17)26(30)31)13-16-5-11-21(12-6-16)34-15-18-3-9-20(10-4-18)27(32)33/h1-13H,14-15H2/b22-13+. The average molecular weight is 491 g/mol. The van der Waals surface area contributed by atoms with Crippen molar-refractivity contribution in [1.29, 1.82) is 0 Å². The predicted molar refractivity (Wildman–Crippen MR) is 128 cm³/mol. The van der Waals surface area contributed by atoms with Crippen molar-refractivity contribution in [1.82, 2.24) is 4.90 Å². The van der Waals surface area contributed by atoms with Crippen LogP contribution in [-0.4, -0.2) is 25.9 Å². The van der Waals surface area contributed by atoms with Crippen LogP contribution in [0.2, 0.25) is 0 Å². The molecule has 1 fully saturated rings. The fourth-order valence-corrected chi connectivity index (χ4v) is 4.07. The summed E-state index contributed by atoms with van der Waals surface area (Å²) in [7, 11) is 0. The molecule has 4 rings (SSSR count). The largest absolute Gasteiger partial charge is 0.489 e. The van der Waals surface area contributed by atoms with Crippen molar-refractivity contribution < 1.29 is 24.2 Å². The van der Waals surface area contributed by atoms with Crippen LogP contribution in [0.25, 0.3) is 6.08 Å². The number of non-ortho nitro benzene ring substituents is 2. The lowest BCUT2D eigenvalue weighted by atomic mass is 10.2. The minimum Gasteiger partial charge on any atom is -0.489 e. The van der Waals surface area contributed by atoms with Crippen molar-refractivity contribution in [2.75, 3.05) is 0 Å². The Bertz CT molecular complexity index is 1320. The molecule has 3 aromatic carbocycles. The van der Waals surface area contributed by atoms with Crippen molar-refractivity contribution in [3.63, 3.8) is 0 Å². The summed E-state index contributed by atoms with van der Waals surface area (Å²) in [5.74, 6) is 0.142. The molecule has 0 unspecified atom stereocenters. The number of nitro benzene ring substituents is 2. The molecule has 1 aliphatic rings. The molecule has 176 valence electrons. The van der Waals surface area contributed by atoms with Gasteiger partial charge in [0.1, 0.15) is 12.4 Å². The molecule has 1 aliphatic heterocycles. The fourth-order valence-electron chi connectivity index (χ4n) is 3.23. The molecule has 0 spiro atoms. The van der Waals surface area contributed by atoms with E-state index in [9.17, 15) is 29.8 Å². The Balaban J connectivity index is 1.37. The normalized spacial score (nSPS) is 14.4. The van der Waals surface area contributed by atoms with Gasteiger partial charge in [-0.15, -0.1) is 0 Å². The second kappa shape index (κ2) is 10.2. The van der Waals surface area contributed by atoms with Gasteiger partial charge in [0.2, 0.25) is 0 Å². The summed E-state index contributed by atoms with van der Waals surface area (Å²) in [6, 6.07) is 18.7. The summed E-state index contributed by atoms with van der Waals surface area (Å²) in [6.07, 6.45) is 1.61. The van der Waals surface area contributed by atoms with Crippen molar-refractivity contribution in [3.8, 4) is 5.75 Å². The zero-order valence-corrected chi connectivity index (χ0v) is 18.8. The van der Waals surface area contributed by atoms with Crippen molar-refractivity contribution in [2.24, 2.45) is 0 Å². The molecule has 0 bridgehead atoms. The second-order valence-corrected chi connectivity index (χ2v) is 8.47. The number of hydrogen-bond donors (Lipinski definition) is 0. The minimum atomic E-state index is -0.515. The first-order chi connectivity index (χ1) is 16.8. The van der Waals surface area contributed by atoms with E-state index in [2.05, 4.69) is 0 Å². The quantitative estimate of drug-likeness (QED) is 0.235. The van der Waals surface area contributed by atoms with E-state index in [1.165, 1.54) is 36.4 Å². The first-order valence-electron chi connectivity index (χ1n) is 10.2. The monoisotopic (exact) mass is 491 g/mol. The van der Waals surface area contributed by atoms with Gasteiger partial charge in [-0.2, -0.15) is 0 Å². The number of carbonyl (C=O) groups excluding carboxylic acids is 2. The van der Waals surface area contributed by atoms with Crippen LogP contribution in [0.5, 0.6) is 5.75 Å². The number of nitrogens with zero attached hydrogens (tertiary/aromatic N) is 3. The van der Waals surface area contributed by atoms with Crippen LogP contribution < -0.4 is 4.74 Å². The molecule has 11 heteroatoms. The smallest absolute Gasteiger partial charge is 0.293 e. The van der Waals surface area contributed by atoms with E-state index in [0.717, 1.165) is 22.2 Å². The average Bonchev–Trinajstić information content (AvgIpc) is 3.11. The molecule has 0 aromatic heterocycles. The molecule has 1 heterocycles. The van der Waals surface area contributed by atoms with Gasteiger partial charge in [-0.3, -0.25) is 34.7 Å². The molecule has 2 amide bonds. The SMILES string of the molecule is O=C1S/C(=C/c2ccc(OCc3ccc([N+](=O)[O-])cc3)cc2)C(=O)N1Cc1ccc([N+](=O)[O-])cc1. The molecule has 0 radical (unpaired) electrons. The second-order valence-electron chi connectivity index (χ2n) is 7.47. The van der Waals surface area contributed by atoms with Gasteiger partial charge in [0.15, 0.2) is 0 Å². The molecule has 0 saturated carbocycles. The van der Waals surface area contributed by atoms with Crippen LogP contribution in [0.1, 0.15) is 16.7 Å². The highest BCUT2D eigenvalue weighted by atomic mass is 32.2. The highest BCUT2D eigenvalue weighted by Crippen LogP contribution is 2.33. The van der Waals surface area contributed by atoms with Crippen LogP contribution in [0.4, 0.5) is 16.2 Å². The third-order valence-electron chi connectivity index (χ3n) is 5.09. The molecular weight excluding hydrogens is 474 g/mol. The molecule has 35 heavy (non-hydrogen) atoms. The van der Waals surface area contributed by atoms with Gasteiger partial charge in [0, 0.05) is 24.3 Å². The van der Waals surface area contributed by atoms with Gasteiger partial charge < -0.3 is 4.74 Å². The zero-order valence-electron chi connectivity index (χ0n) is 18.0. The number of ether oxygens (including phenoxy) is 1. The topological polar surface area (TPSA) is 133 Å². The minimum absolute atomic E-state index is 0.00950. The van der Waals surface area contributed by atoms with Crippen LogP contribution in [0.15, 0.2) is 77.7 Å². The third-order valence-corrected chi connectivity index (χ3v) is 6.00. The molecule has 1 saturated heterocycles. The number of carbonyl (C=O) groups is 2. The Morgan fingerprint density at radius 1 is 0.800 bits per heavy atom. The number of imide groups is 1. The van der Waals surface area contributed by atoms with Gasteiger partial charge in [-0.1, -0.05) is 24.3 Å². The molecule has 0 aliphatic carbocycles. The Hall–Kier alpha value is -4.51. The van der Waals surface area contributed by atoms with Crippen LogP contribution >= 0.6 is 11.8 Å². The van der Waals surface area contributed by atoms with E-state index >= 15 is 0 Å². The van der Waals surface area contributed by atoms with Gasteiger partial charge in [0.25, 0.3) is 22.5 Å². The summed E-state index contributed by atoms with van der Waals surface area (Å²) in [4.78, 5) is 47.0. The summed E-state index contributed by atoms with van der Waals surface area (Å²) < 4.78 is 5.69. The lowest BCUT2D eigenvalue weighted by molar-refractivity contribution is -0.385. The Kier molecular flexibility index (Phi) is 6.88. The van der Waals surface area contributed by atoms with E-state index in [0.29, 0.717) is 16.9 Å². The first kappa shape index (κ1) is 23.6. The Morgan fingerprint density at radius 2 is 1.34 bits per heavy atom. The van der Waals surface area contributed by atoms with Gasteiger partial charge >= 0.3 is 0 Å². The summed E-state index contributed by atoms with van der Waals surface area (Å²) in [5.41, 5.74) is 2.03. The van der Waals surface area contributed by atoms with E-state index in [-0.39, 0.29) is 29.4 Å². The Morgan fingerprint density at radius 3 is 1.89 bits per heavy atom. The third kappa shape index (κ3) is 5.71. The maximum absolute atomic E-state index is 12.7. The first-order valence-corrected chi connectivity index (χ1v) is 11.1. The fraction of sp³-hybridized carbons (Fsp3) is 0.0833. The zero-order chi connectivity index (χ0) is 24.9. The van der Waals surface area contributed by atoms with Gasteiger partial charge in [-0.05, 0) is 58.8 Å². The van der Waals surface area contributed by atoms with E-state index < -0.39 is 21.0 Å². The molecule has 3 aromatic rings. The summed E-state index contributed by atoms with van der Waals surface area (Å²) >= 11 is 0.830. The lowest BCUT2D eigenvalue weighted by Gasteiger charge is -2.12. The lowest BCUT2D eigenvalue weighted by Crippen LogP contribution is -2.27. The number of nitro groups is 2. The number of benzene rings is 3. The Labute approximate surface area is 203 Å². The molecular formula is C24H17N3O7S. The highest BCUT2D eigenvalue weighted by Gasteiger charge is 2.35. The van der Waals surface area contributed by atoms with Gasteiger partial charge in [-0.25, -0.2) is 0 Å². The summed E-state index contributed by atoms with van der Waals surface area (Å²) in [5, 5.41) is 21.1. The number of hydrogen-bond acceptors (Lipinski definition) is 8. The van der Waals surface area contributed by atoms with Crippen molar-refractivity contribution in [3.05, 3.63) is 115 Å². The maximum atomic E-state index is 12.7. The number of amides is 2. The number of thioether (sulfide) groups is 1. The molecule has 10 nitrogen and oxygen atoms in total. The van der Waals surface area contributed by atoms with Crippen molar-refractivity contribution in [2.45, 2.75) is 13.2 Å². The van der Waals surface area contributed by atoms with Crippen LogP contribution in [0.3, 0.4) is 0 Å². The number of rotatable bonds is 8. The van der Waals surface area contributed by atoms with Gasteiger partial charge in [0.05, 0.1) is 21.3 Å². The van der Waals surface area contributed by atoms with Crippen LogP contribution in [0, 0.1) is 20.2 Å². The van der Waals surface area contributed by atoms with E-state index in [1.807, 2.05) is 0 Å². The maximum Gasteiger partial charge on any atom is 0.293 e. The van der Waals surface area contributed by atoms with E-state index in [4.69, 9.17) is 4.74 Å². The van der Waals surface area contributed by atoms with Crippen molar-refractivity contribution >= 4 is 40.4 Å². The molecule has 0 atom stereocenters. The highest BCUT2D eigenvalue weighted by molar-refractivity contribution is 8.18. The summed E-state index contributed by atoms with van der Waals surface area (Å²) in [6.45, 7) is 0.258. The molecule has 0 N–H and O–H groups in total.